The Hall–Kier alpha value is -1.57. The van der Waals surface area contributed by atoms with Crippen molar-refractivity contribution in [3.63, 3.8) is 0 Å². The number of hydrogen-bond acceptors (Lipinski definition) is 2. The third-order valence-electron chi connectivity index (χ3n) is 2.14. The second-order valence-electron chi connectivity index (χ2n) is 3.30. The van der Waals surface area contributed by atoms with E-state index in [4.69, 9.17) is 0 Å². The minimum atomic E-state index is 1.19. The maximum atomic E-state index is 4.07. The molecule has 0 saturated heterocycles. The van der Waals surface area contributed by atoms with E-state index in [9.17, 15) is 0 Å². The molecule has 13 heavy (non-hydrogen) atoms. The third-order valence-corrected chi connectivity index (χ3v) is 2.14. The van der Waals surface area contributed by atoms with Crippen molar-refractivity contribution in [1.29, 1.82) is 0 Å². The highest BCUT2D eigenvalue weighted by Crippen LogP contribution is 2.19. The van der Waals surface area contributed by atoms with Crippen LogP contribution in [-0.2, 0) is 0 Å². The van der Waals surface area contributed by atoms with E-state index in [0.29, 0.717) is 0 Å². The Morgan fingerprint density at radius 2 is 1.92 bits per heavy atom. The Labute approximate surface area is 77.8 Å². The van der Waals surface area contributed by atoms with E-state index in [0.717, 1.165) is 0 Å². The first-order valence-electron chi connectivity index (χ1n) is 4.28. The van der Waals surface area contributed by atoms with E-state index < -0.39 is 0 Å². The summed E-state index contributed by atoms with van der Waals surface area (Å²) in [6.45, 7) is 0. The lowest BCUT2D eigenvalue weighted by Crippen LogP contribution is -2.07. The molecule has 0 aliphatic carbocycles. The zero-order valence-electron chi connectivity index (χ0n) is 7.86. The second-order valence-corrected chi connectivity index (χ2v) is 3.30. The minimum Gasteiger partial charge on any atom is -0.378 e. The molecule has 0 unspecified atom stereocenters. The van der Waals surface area contributed by atoms with Crippen LogP contribution in [0.4, 0.5) is 5.69 Å². The van der Waals surface area contributed by atoms with Crippen LogP contribution in [0.1, 0.15) is 0 Å². The van der Waals surface area contributed by atoms with Crippen LogP contribution in [0, 0.1) is 0 Å². The van der Waals surface area contributed by atoms with Crippen LogP contribution in [0.25, 0.3) is 10.8 Å². The molecule has 0 amide bonds. The quantitative estimate of drug-likeness (QED) is 0.656. The SMILES string of the molecule is CN(C)c1ccc2cnccc2c1. The highest BCUT2D eigenvalue weighted by Gasteiger charge is 1.96. The Kier molecular flexibility index (Phi) is 1.89. The van der Waals surface area contributed by atoms with Gasteiger partial charge < -0.3 is 4.90 Å². The van der Waals surface area contributed by atoms with Gasteiger partial charge in [-0.2, -0.15) is 0 Å². The summed E-state index contributed by atoms with van der Waals surface area (Å²) in [5, 5.41) is 2.43. The second kappa shape index (κ2) is 3.05. The Bertz CT molecular complexity index is 421. The molecule has 0 bridgehead atoms. The van der Waals surface area contributed by atoms with Crippen molar-refractivity contribution in [3.8, 4) is 0 Å². The first kappa shape index (κ1) is 8.05. The lowest BCUT2D eigenvalue weighted by atomic mass is 10.1. The van der Waals surface area contributed by atoms with Gasteiger partial charge in [0.2, 0.25) is 0 Å². The Morgan fingerprint density at radius 3 is 2.69 bits per heavy atom. The average Bonchev–Trinajstić information content (AvgIpc) is 2.17. The fourth-order valence-corrected chi connectivity index (χ4v) is 1.35. The molecule has 1 aromatic heterocycles. The molecule has 66 valence electrons. The maximum Gasteiger partial charge on any atom is 0.0367 e. The summed E-state index contributed by atoms with van der Waals surface area (Å²) in [4.78, 5) is 6.17. The van der Waals surface area contributed by atoms with Crippen LogP contribution in [0.5, 0.6) is 0 Å². The average molecular weight is 172 g/mol. The molecule has 2 aromatic rings. The number of nitrogens with zero attached hydrogens (tertiary/aromatic N) is 2. The Balaban J connectivity index is 2.62. The van der Waals surface area contributed by atoms with Crippen LogP contribution in [0.2, 0.25) is 0 Å². The first-order valence-corrected chi connectivity index (χ1v) is 4.28. The smallest absolute Gasteiger partial charge is 0.0367 e. The third kappa shape index (κ3) is 1.47. The summed E-state index contributed by atoms with van der Waals surface area (Å²) in [5.74, 6) is 0. The molecule has 0 atom stereocenters. The molecular weight excluding hydrogens is 160 g/mol. The zero-order valence-corrected chi connectivity index (χ0v) is 7.86. The standard InChI is InChI=1S/C11H12N2/c1-13(2)11-4-3-10-8-12-6-5-9(10)7-11/h3-8H,1-2H3. The minimum absolute atomic E-state index is 1.19. The van der Waals surface area contributed by atoms with E-state index in [-0.39, 0.29) is 0 Å². The van der Waals surface area contributed by atoms with Gasteiger partial charge in [-0.25, -0.2) is 0 Å². The monoisotopic (exact) mass is 172 g/mol. The molecule has 0 saturated carbocycles. The summed E-state index contributed by atoms with van der Waals surface area (Å²) < 4.78 is 0. The largest absolute Gasteiger partial charge is 0.378 e. The lowest BCUT2D eigenvalue weighted by Gasteiger charge is -2.12. The summed E-state index contributed by atoms with van der Waals surface area (Å²) in [5.41, 5.74) is 1.22. The molecule has 2 rings (SSSR count). The molecule has 0 radical (unpaired) electrons. The van der Waals surface area contributed by atoms with Crippen molar-refractivity contribution < 1.29 is 0 Å². The first-order chi connectivity index (χ1) is 6.27. The van der Waals surface area contributed by atoms with Gasteiger partial charge in [-0.15, -0.1) is 0 Å². The summed E-state index contributed by atoms with van der Waals surface area (Å²) in [6, 6.07) is 8.39. The molecular formula is C11H12N2. The Morgan fingerprint density at radius 1 is 1.08 bits per heavy atom. The molecule has 1 aromatic carbocycles. The van der Waals surface area contributed by atoms with E-state index >= 15 is 0 Å². The van der Waals surface area contributed by atoms with Crippen molar-refractivity contribution in [2.24, 2.45) is 0 Å². The summed E-state index contributed by atoms with van der Waals surface area (Å²) in [6.07, 6.45) is 3.70. The van der Waals surface area contributed by atoms with Crippen molar-refractivity contribution in [2.45, 2.75) is 0 Å². The van der Waals surface area contributed by atoms with Gasteiger partial charge in [-0.05, 0) is 23.6 Å². The van der Waals surface area contributed by atoms with Crippen LogP contribution >= 0.6 is 0 Å². The van der Waals surface area contributed by atoms with Gasteiger partial charge in [-0.3, -0.25) is 4.98 Å². The number of anilines is 1. The number of aromatic nitrogens is 1. The highest BCUT2D eigenvalue weighted by atomic mass is 15.1. The summed E-state index contributed by atoms with van der Waals surface area (Å²) >= 11 is 0. The molecule has 0 spiro atoms. The fourth-order valence-electron chi connectivity index (χ4n) is 1.35. The predicted molar refractivity (Wildman–Crippen MR) is 56.1 cm³/mol. The van der Waals surface area contributed by atoms with E-state index in [1.54, 1.807) is 0 Å². The van der Waals surface area contributed by atoms with Crippen molar-refractivity contribution in [1.82, 2.24) is 4.98 Å². The van der Waals surface area contributed by atoms with E-state index in [1.807, 2.05) is 32.6 Å². The molecule has 0 aliphatic heterocycles. The molecule has 0 fully saturated rings. The zero-order chi connectivity index (χ0) is 9.26. The van der Waals surface area contributed by atoms with Crippen LogP contribution in [-0.4, -0.2) is 19.1 Å². The topological polar surface area (TPSA) is 16.1 Å². The van der Waals surface area contributed by atoms with Gasteiger partial charge in [0.1, 0.15) is 0 Å². The van der Waals surface area contributed by atoms with E-state index in [1.165, 1.54) is 16.5 Å². The molecule has 0 aliphatic rings. The van der Waals surface area contributed by atoms with Crippen molar-refractivity contribution in [3.05, 3.63) is 36.7 Å². The van der Waals surface area contributed by atoms with Crippen LogP contribution < -0.4 is 4.90 Å². The highest BCUT2D eigenvalue weighted by molar-refractivity contribution is 5.84. The lowest BCUT2D eigenvalue weighted by molar-refractivity contribution is 1.13. The normalized spacial score (nSPS) is 10.3. The molecule has 1 heterocycles. The number of hydrogen-bond donors (Lipinski definition) is 0. The van der Waals surface area contributed by atoms with Gasteiger partial charge in [0.05, 0.1) is 0 Å². The van der Waals surface area contributed by atoms with Crippen molar-refractivity contribution in [2.75, 3.05) is 19.0 Å². The van der Waals surface area contributed by atoms with Gasteiger partial charge in [0.15, 0.2) is 0 Å². The van der Waals surface area contributed by atoms with Crippen LogP contribution in [0.3, 0.4) is 0 Å². The summed E-state index contributed by atoms with van der Waals surface area (Å²) in [7, 11) is 4.09. The van der Waals surface area contributed by atoms with Crippen LogP contribution in [0.15, 0.2) is 36.7 Å². The van der Waals surface area contributed by atoms with Gasteiger partial charge in [0.25, 0.3) is 0 Å². The predicted octanol–water partition coefficient (Wildman–Crippen LogP) is 2.30. The van der Waals surface area contributed by atoms with Gasteiger partial charge >= 0.3 is 0 Å². The molecule has 2 heteroatoms. The number of rotatable bonds is 1. The number of pyridine rings is 1. The van der Waals surface area contributed by atoms with Crippen molar-refractivity contribution >= 4 is 16.5 Å². The van der Waals surface area contributed by atoms with E-state index in [2.05, 4.69) is 28.1 Å². The maximum absolute atomic E-state index is 4.07. The van der Waals surface area contributed by atoms with Gasteiger partial charge in [-0.1, -0.05) is 6.07 Å². The fraction of sp³-hybridized carbons (Fsp3) is 0.182. The number of fused-ring (bicyclic) bond motifs is 1. The molecule has 0 N–H and O–H groups in total. The van der Waals surface area contributed by atoms with Gasteiger partial charge in [0, 0.05) is 37.6 Å². The number of benzene rings is 1. The molecule has 2 nitrogen and oxygen atoms in total.